The quantitative estimate of drug-likeness (QED) is 0.364. The molecule has 3 nitrogen and oxygen atoms in total. The van der Waals surface area contributed by atoms with Crippen molar-refractivity contribution in [3.05, 3.63) is 0 Å². The van der Waals surface area contributed by atoms with Gasteiger partial charge in [0.15, 0.2) is 0 Å². The Hall–Kier alpha value is -0.570. The molecule has 60 valence electrons. The largest absolute Gasteiger partial charge is 0.393 e. The summed E-state index contributed by atoms with van der Waals surface area (Å²) in [6, 6.07) is 0. The molecule has 3 heteroatoms. The van der Waals surface area contributed by atoms with Gasteiger partial charge in [0.2, 0.25) is 0 Å². The van der Waals surface area contributed by atoms with E-state index in [0.29, 0.717) is 5.92 Å². The lowest BCUT2D eigenvalue weighted by Gasteiger charge is -2.02. The van der Waals surface area contributed by atoms with Crippen molar-refractivity contribution in [2.24, 2.45) is 11.1 Å². The molecule has 0 aromatic carbocycles. The molecule has 0 aliphatic rings. The highest BCUT2D eigenvalue weighted by Crippen LogP contribution is 1.95. The van der Waals surface area contributed by atoms with E-state index in [4.69, 9.17) is 9.94 Å². The highest BCUT2D eigenvalue weighted by atomic mass is 16.6. The summed E-state index contributed by atoms with van der Waals surface area (Å²) in [4.78, 5) is 4.74. The molecule has 0 fully saturated rings. The van der Waals surface area contributed by atoms with Gasteiger partial charge in [0.1, 0.15) is 6.61 Å². The molecule has 0 spiro atoms. The van der Waals surface area contributed by atoms with Gasteiger partial charge in [0.25, 0.3) is 0 Å². The molecule has 10 heavy (non-hydrogen) atoms. The molecule has 0 heterocycles. The lowest BCUT2D eigenvalue weighted by atomic mass is 10.1. The van der Waals surface area contributed by atoms with Gasteiger partial charge in [0, 0.05) is 0 Å². The van der Waals surface area contributed by atoms with E-state index >= 15 is 0 Å². The van der Waals surface area contributed by atoms with Crippen molar-refractivity contribution >= 4 is 5.71 Å². The van der Waals surface area contributed by atoms with Crippen LogP contribution in [0.25, 0.3) is 0 Å². The van der Waals surface area contributed by atoms with Crippen LogP contribution in [0.5, 0.6) is 0 Å². The third-order valence-electron chi connectivity index (χ3n) is 1.23. The standard InChI is InChI=1S/C7H15NO2/c1-6(2)7(3)8-10-5-4-9/h6,9H,4-5H2,1-3H3/b8-7+. The Balaban J connectivity index is 3.48. The Bertz CT molecular complexity index is 110. The van der Waals surface area contributed by atoms with Crippen molar-refractivity contribution in [3.63, 3.8) is 0 Å². The van der Waals surface area contributed by atoms with Gasteiger partial charge in [-0.3, -0.25) is 0 Å². The maximum atomic E-state index is 8.32. The van der Waals surface area contributed by atoms with Crippen molar-refractivity contribution < 1.29 is 9.94 Å². The summed E-state index contributed by atoms with van der Waals surface area (Å²) in [5.74, 6) is 0.415. The molecule has 0 rings (SSSR count). The van der Waals surface area contributed by atoms with Gasteiger partial charge in [-0.2, -0.15) is 0 Å². The van der Waals surface area contributed by atoms with E-state index in [0.717, 1.165) is 5.71 Å². The summed E-state index contributed by atoms with van der Waals surface area (Å²) in [5.41, 5.74) is 0.952. The van der Waals surface area contributed by atoms with Crippen LogP contribution in [-0.4, -0.2) is 24.0 Å². The highest BCUT2D eigenvalue weighted by Gasteiger charge is 1.96. The van der Waals surface area contributed by atoms with Gasteiger partial charge >= 0.3 is 0 Å². The predicted molar refractivity (Wildman–Crippen MR) is 41.0 cm³/mol. The van der Waals surface area contributed by atoms with E-state index < -0.39 is 0 Å². The van der Waals surface area contributed by atoms with Crippen LogP contribution in [0.2, 0.25) is 0 Å². The number of oxime groups is 1. The fraction of sp³-hybridized carbons (Fsp3) is 0.857. The van der Waals surface area contributed by atoms with Crippen LogP contribution in [0.3, 0.4) is 0 Å². The molecule has 0 bridgehead atoms. The molecule has 0 saturated heterocycles. The van der Waals surface area contributed by atoms with Crippen molar-refractivity contribution in [3.8, 4) is 0 Å². The molecule has 0 aliphatic carbocycles. The summed E-state index contributed by atoms with van der Waals surface area (Å²) in [6.07, 6.45) is 0. The summed E-state index contributed by atoms with van der Waals surface area (Å²) in [5, 5.41) is 12.1. The topological polar surface area (TPSA) is 41.8 Å². The molecule has 0 aromatic rings. The summed E-state index contributed by atoms with van der Waals surface area (Å²) in [6.45, 7) is 6.29. The van der Waals surface area contributed by atoms with E-state index in [2.05, 4.69) is 5.16 Å². The first kappa shape index (κ1) is 9.43. The Morgan fingerprint density at radius 3 is 2.60 bits per heavy atom. The van der Waals surface area contributed by atoms with Crippen LogP contribution < -0.4 is 0 Å². The number of aliphatic hydroxyl groups excluding tert-OH is 1. The molecular formula is C7H15NO2. The number of nitrogens with zero attached hydrogens (tertiary/aromatic N) is 1. The fourth-order valence-electron chi connectivity index (χ4n) is 0.294. The van der Waals surface area contributed by atoms with Crippen LogP contribution >= 0.6 is 0 Å². The average molecular weight is 145 g/mol. The highest BCUT2D eigenvalue weighted by molar-refractivity contribution is 5.83. The zero-order chi connectivity index (χ0) is 7.98. The third-order valence-corrected chi connectivity index (χ3v) is 1.23. The minimum atomic E-state index is 0.0227. The predicted octanol–water partition coefficient (Wildman–Crippen LogP) is 1.03. The van der Waals surface area contributed by atoms with Crippen LogP contribution in [0.1, 0.15) is 20.8 Å². The third kappa shape index (κ3) is 4.32. The number of hydrogen-bond donors (Lipinski definition) is 1. The number of rotatable bonds is 4. The molecule has 0 atom stereocenters. The zero-order valence-corrected chi connectivity index (χ0v) is 6.79. The number of aliphatic hydroxyl groups is 1. The Morgan fingerprint density at radius 1 is 1.60 bits per heavy atom. The summed E-state index contributed by atoms with van der Waals surface area (Å²) < 4.78 is 0. The Labute approximate surface area is 61.7 Å². The maximum absolute atomic E-state index is 8.32. The van der Waals surface area contributed by atoms with E-state index in [-0.39, 0.29) is 13.2 Å². The second-order valence-electron chi connectivity index (χ2n) is 2.44. The first-order valence-electron chi connectivity index (χ1n) is 3.45. The Morgan fingerprint density at radius 2 is 2.20 bits per heavy atom. The molecule has 0 unspecified atom stereocenters. The molecule has 0 amide bonds. The lowest BCUT2D eigenvalue weighted by Crippen LogP contribution is -2.04. The normalized spacial score (nSPS) is 12.3. The molecule has 0 saturated carbocycles. The van der Waals surface area contributed by atoms with Crippen molar-refractivity contribution in [1.82, 2.24) is 0 Å². The molecule has 1 N–H and O–H groups in total. The average Bonchev–Trinajstić information content (AvgIpc) is 1.88. The maximum Gasteiger partial charge on any atom is 0.140 e. The van der Waals surface area contributed by atoms with Crippen LogP contribution in [-0.2, 0) is 4.84 Å². The van der Waals surface area contributed by atoms with Crippen LogP contribution in [0.15, 0.2) is 5.16 Å². The van der Waals surface area contributed by atoms with E-state index in [9.17, 15) is 0 Å². The van der Waals surface area contributed by atoms with Gasteiger partial charge in [-0.1, -0.05) is 19.0 Å². The summed E-state index contributed by atoms with van der Waals surface area (Å²) in [7, 11) is 0. The zero-order valence-electron chi connectivity index (χ0n) is 6.79. The minimum Gasteiger partial charge on any atom is -0.393 e. The monoisotopic (exact) mass is 145 g/mol. The van der Waals surface area contributed by atoms with Crippen molar-refractivity contribution in [2.45, 2.75) is 20.8 Å². The van der Waals surface area contributed by atoms with Gasteiger partial charge in [-0.15, -0.1) is 0 Å². The van der Waals surface area contributed by atoms with E-state index in [1.807, 2.05) is 20.8 Å². The van der Waals surface area contributed by atoms with Crippen LogP contribution in [0, 0.1) is 5.92 Å². The van der Waals surface area contributed by atoms with E-state index in [1.54, 1.807) is 0 Å². The van der Waals surface area contributed by atoms with Gasteiger partial charge in [-0.25, -0.2) is 0 Å². The molecule has 0 aromatic heterocycles. The molecular weight excluding hydrogens is 130 g/mol. The Kier molecular flexibility index (Phi) is 4.94. The van der Waals surface area contributed by atoms with Gasteiger partial charge < -0.3 is 9.94 Å². The smallest absolute Gasteiger partial charge is 0.140 e. The van der Waals surface area contributed by atoms with Crippen LogP contribution in [0.4, 0.5) is 0 Å². The van der Waals surface area contributed by atoms with E-state index in [1.165, 1.54) is 0 Å². The minimum absolute atomic E-state index is 0.0227. The second kappa shape index (κ2) is 5.23. The van der Waals surface area contributed by atoms with Gasteiger partial charge in [-0.05, 0) is 12.8 Å². The van der Waals surface area contributed by atoms with Gasteiger partial charge in [0.05, 0.1) is 12.3 Å². The lowest BCUT2D eigenvalue weighted by molar-refractivity contribution is 0.0976. The summed E-state index contributed by atoms with van der Waals surface area (Å²) >= 11 is 0. The van der Waals surface area contributed by atoms with Crippen molar-refractivity contribution in [2.75, 3.05) is 13.2 Å². The number of hydrogen-bond acceptors (Lipinski definition) is 3. The molecule has 0 aliphatic heterocycles. The first-order valence-corrected chi connectivity index (χ1v) is 3.45. The SMILES string of the molecule is C/C(=N\OCCO)C(C)C. The fourth-order valence-corrected chi connectivity index (χ4v) is 0.294. The second-order valence-corrected chi connectivity index (χ2v) is 2.44. The van der Waals surface area contributed by atoms with Crippen molar-refractivity contribution in [1.29, 1.82) is 0 Å². The first-order chi connectivity index (χ1) is 4.68. The molecule has 0 radical (unpaired) electrons.